The fraction of sp³-hybridized carbons (Fsp3) is 0.721. The van der Waals surface area contributed by atoms with Crippen LogP contribution in [-0.4, -0.2) is 150 Å². The highest BCUT2D eigenvalue weighted by Crippen LogP contribution is 2.38. The molecule has 3 saturated heterocycles. The Kier molecular flexibility index (Phi) is 16.2. The number of nitrogens with one attached hydrogen (secondary N) is 1. The number of morpholine rings is 1. The van der Waals surface area contributed by atoms with Gasteiger partial charge >= 0.3 is 5.97 Å². The van der Waals surface area contributed by atoms with Gasteiger partial charge < -0.3 is 54.3 Å². The van der Waals surface area contributed by atoms with Gasteiger partial charge in [0, 0.05) is 38.3 Å². The first kappa shape index (κ1) is 49.0. The molecule has 1 aromatic heterocycles. The third-order valence-electron chi connectivity index (χ3n) is 12.6. The van der Waals surface area contributed by atoms with Crippen LogP contribution in [0.4, 0.5) is 10.2 Å². The van der Waals surface area contributed by atoms with Gasteiger partial charge in [0.05, 0.1) is 49.1 Å². The van der Waals surface area contributed by atoms with Crippen molar-refractivity contribution in [2.24, 2.45) is 17.8 Å². The van der Waals surface area contributed by atoms with Crippen molar-refractivity contribution in [2.45, 2.75) is 146 Å². The fourth-order valence-corrected chi connectivity index (χ4v) is 10.2. The molecule has 0 unspecified atom stereocenters. The van der Waals surface area contributed by atoms with Gasteiger partial charge in [-0.25, -0.2) is 17.8 Å². The number of esters is 1. The molecule has 3 fully saturated rings. The molecule has 14 atom stereocenters. The number of pyridine rings is 1. The Labute approximate surface area is 359 Å². The molecule has 0 bridgehead atoms. The molecule has 61 heavy (non-hydrogen) atoms. The normalized spacial score (nSPS) is 37.7. The number of carbonyl (C=O) groups excluding carboxylic acids is 1. The van der Waals surface area contributed by atoms with E-state index in [1.807, 2.05) is 11.8 Å². The van der Waals surface area contributed by atoms with Gasteiger partial charge in [0.25, 0.3) is 0 Å². The zero-order valence-electron chi connectivity index (χ0n) is 36.8. The summed E-state index contributed by atoms with van der Waals surface area (Å²) in [5, 5.41) is 50.2. The predicted octanol–water partition coefficient (Wildman–Crippen LogP) is 2.85. The lowest BCUT2D eigenvalue weighted by Crippen LogP contribution is -2.61. The maximum absolute atomic E-state index is 14.4. The number of likely N-dealkylation sites (N-methyl/N-ethyl adjacent to an activating group) is 1. The van der Waals surface area contributed by atoms with E-state index in [-0.39, 0.29) is 35.8 Å². The van der Waals surface area contributed by atoms with Gasteiger partial charge in [0.2, 0.25) is 10.0 Å². The summed E-state index contributed by atoms with van der Waals surface area (Å²) >= 11 is 0. The van der Waals surface area contributed by atoms with Crippen LogP contribution in [0, 0.1) is 23.6 Å². The molecule has 344 valence electrons. The number of cyclic esters (lactones) is 1. The van der Waals surface area contributed by atoms with Crippen LogP contribution in [0.5, 0.6) is 5.75 Å². The lowest BCUT2D eigenvalue weighted by Gasteiger charge is -2.47. The molecule has 0 radical (unpaired) electrons. The minimum Gasteiger partial charge on any atom is -0.483 e. The van der Waals surface area contributed by atoms with Crippen LogP contribution in [0.1, 0.15) is 74.7 Å². The molecule has 3 aliphatic heterocycles. The summed E-state index contributed by atoms with van der Waals surface area (Å²) in [7, 11) is -2.80. The van der Waals surface area contributed by atoms with Gasteiger partial charge in [-0.05, 0) is 103 Å². The molecular formula is C43H67FN4O12S. The molecule has 0 spiro atoms. The van der Waals surface area contributed by atoms with E-state index in [1.165, 1.54) is 61.7 Å². The molecule has 0 amide bonds. The second-order valence-electron chi connectivity index (χ2n) is 17.7. The molecule has 1 aromatic carbocycles. The van der Waals surface area contributed by atoms with Crippen LogP contribution in [-0.2, 0) is 33.8 Å². The number of aliphatic hydroxyl groups is 4. The van der Waals surface area contributed by atoms with Gasteiger partial charge in [-0.15, -0.1) is 0 Å². The number of hydrogen-bond acceptors (Lipinski definition) is 15. The van der Waals surface area contributed by atoms with Gasteiger partial charge in [0.1, 0.15) is 40.1 Å². The van der Waals surface area contributed by atoms with E-state index in [9.17, 15) is 38.0 Å². The Hall–Kier alpha value is -3.04. The number of aliphatic hydroxyl groups excluding tert-OH is 2. The van der Waals surface area contributed by atoms with Crippen LogP contribution in [0.3, 0.4) is 0 Å². The predicted molar refractivity (Wildman–Crippen MR) is 224 cm³/mol. The van der Waals surface area contributed by atoms with E-state index in [2.05, 4.69) is 10.3 Å². The Morgan fingerprint density at radius 1 is 1.03 bits per heavy atom. The summed E-state index contributed by atoms with van der Waals surface area (Å²) in [5.74, 6) is -2.98. The Bertz CT molecular complexity index is 1830. The highest BCUT2D eigenvalue weighted by atomic mass is 32.2. The summed E-state index contributed by atoms with van der Waals surface area (Å²) < 4.78 is 75.0. The van der Waals surface area contributed by atoms with Gasteiger partial charge in [-0.3, -0.25) is 4.79 Å². The standard InChI is InChI=1S/C43H67FN4O12S/c1-10-34-43(8,53)38(50)29(6)45-23-25(2)22-42(7,52)39(27(4)36(49)28(5)40(51)59-34)60-41-37(58-31-13-11-30(44)12-14-31)33(21-26(3)57-41)47(9)61(54,55)32-15-16-35(46-24-32)48-17-19-56-20-18-48/h11-16,24-29,33-34,36-39,41,45,49-50,52-53H,10,17-23H2,1-9H3/t25-,26-,27+,28-,29-,33+,34-,36+,37-,38-,39-,41+,42-,43-/m1/s1. The molecular weight excluding hydrogens is 816 g/mol. The number of hydrogen-bond donors (Lipinski definition) is 5. The van der Waals surface area contributed by atoms with Crippen molar-refractivity contribution in [2.75, 3.05) is 44.8 Å². The van der Waals surface area contributed by atoms with Gasteiger partial charge in [-0.1, -0.05) is 20.8 Å². The number of nitrogens with zero attached hydrogens (tertiary/aromatic N) is 3. The number of sulfonamides is 1. The Morgan fingerprint density at radius 3 is 2.30 bits per heavy atom. The number of benzene rings is 1. The van der Waals surface area contributed by atoms with E-state index in [1.54, 1.807) is 40.7 Å². The second-order valence-corrected chi connectivity index (χ2v) is 19.7. The average Bonchev–Trinajstić information content (AvgIpc) is 3.23. The molecule has 5 N–H and O–H groups in total. The first-order valence-corrected chi connectivity index (χ1v) is 22.8. The topological polar surface area (TPSA) is 210 Å². The highest BCUT2D eigenvalue weighted by molar-refractivity contribution is 7.89. The van der Waals surface area contributed by atoms with Crippen LogP contribution in [0.15, 0.2) is 47.5 Å². The van der Waals surface area contributed by atoms with Crippen LogP contribution >= 0.6 is 0 Å². The van der Waals surface area contributed by atoms with E-state index < -0.39 is 99.8 Å². The largest absolute Gasteiger partial charge is 0.483 e. The van der Waals surface area contributed by atoms with Crippen molar-refractivity contribution in [1.29, 1.82) is 0 Å². The molecule has 0 saturated carbocycles. The smallest absolute Gasteiger partial charge is 0.311 e. The lowest BCUT2D eigenvalue weighted by molar-refractivity contribution is -0.293. The summed E-state index contributed by atoms with van der Waals surface area (Å²) in [5.41, 5.74) is -3.57. The summed E-state index contributed by atoms with van der Waals surface area (Å²) in [6, 6.07) is 6.77. The number of carbonyl (C=O) groups is 1. The number of halogens is 1. The van der Waals surface area contributed by atoms with Crippen molar-refractivity contribution >= 4 is 21.8 Å². The number of ether oxygens (including phenoxy) is 5. The zero-order valence-corrected chi connectivity index (χ0v) is 37.6. The molecule has 16 nitrogen and oxygen atoms in total. The first-order valence-electron chi connectivity index (χ1n) is 21.3. The third-order valence-corrected chi connectivity index (χ3v) is 14.4. The zero-order chi connectivity index (χ0) is 45.0. The van der Waals surface area contributed by atoms with Crippen molar-refractivity contribution in [3.63, 3.8) is 0 Å². The molecule has 0 aliphatic carbocycles. The third kappa shape index (κ3) is 11.4. The minimum atomic E-state index is -4.23. The maximum Gasteiger partial charge on any atom is 0.311 e. The first-order chi connectivity index (χ1) is 28.6. The average molecular weight is 883 g/mol. The number of rotatable bonds is 9. The van der Waals surface area contributed by atoms with Gasteiger partial charge in [0.15, 0.2) is 12.4 Å². The SMILES string of the molecule is CC[C@H]1OC(=O)[C@H](C)[C@@H](O)[C@H](C)[C@@H](O[C@@H]2O[C@H](C)C[C@H](N(C)S(=O)(=O)c3ccc(N4CCOCC4)nc3)[C@H]2Oc2ccc(F)cc2)[C@](C)(O)C[C@@H](C)CN[C@H](C)[C@@H](O)[C@]1(C)O. The molecule has 5 rings (SSSR count). The number of aromatic nitrogens is 1. The van der Waals surface area contributed by atoms with E-state index >= 15 is 0 Å². The van der Waals surface area contributed by atoms with Crippen LogP contribution in [0.2, 0.25) is 0 Å². The summed E-state index contributed by atoms with van der Waals surface area (Å²) in [6.45, 7) is 15.7. The second kappa shape index (κ2) is 20.2. The quantitative estimate of drug-likeness (QED) is 0.230. The molecule has 2 aromatic rings. The van der Waals surface area contributed by atoms with Crippen molar-refractivity contribution in [3.05, 3.63) is 48.4 Å². The molecule has 4 heterocycles. The molecule has 3 aliphatic rings. The van der Waals surface area contributed by atoms with Crippen LogP contribution < -0.4 is 15.0 Å². The Balaban J connectivity index is 1.52. The number of anilines is 1. The molecule has 18 heteroatoms. The highest BCUT2D eigenvalue weighted by Gasteiger charge is 2.51. The maximum atomic E-state index is 14.4. The summed E-state index contributed by atoms with van der Waals surface area (Å²) in [4.78, 5) is 20.1. The van der Waals surface area contributed by atoms with Gasteiger partial charge in [-0.2, -0.15) is 4.31 Å². The van der Waals surface area contributed by atoms with E-state index in [0.29, 0.717) is 38.7 Å². The van der Waals surface area contributed by atoms with E-state index in [4.69, 9.17) is 23.7 Å². The Morgan fingerprint density at radius 2 is 1.69 bits per heavy atom. The lowest BCUT2D eigenvalue weighted by atomic mass is 9.78. The van der Waals surface area contributed by atoms with E-state index in [0.717, 1.165) is 0 Å². The monoisotopic (exact) mass is 882 g/mol. The summed E-state index contributed by atoms with van der Waals surface area (Å²) in [6.07, 6.45) is -6.68. The van der Waals surface area contributed by atoms with Crippen LogP contribution in [0.25, 0.3) is 0 Å². The minimum absolute atomic E-state index is 0.0530. The fourth-order valence-electron chi connectivity index (χ4n) is 8.84. The van der Waals surface area contributed by atoms with Crippen molar-refractivity contribution in [3.8, 4) is 5.75 Å². The van der Waals surface area contributed by atoms with Crippen molar-refractivity contribution < 1.29 is 61.7 Å². The van der Waals surface area contributed by atoms with Crippen molar-refractivity contribution in [1.82, 2.24) is 14.6 Å².